The Morgan fingerprint density at radius 3 is 2.52 bits per heavy atom. The maximum Gasteiger partial charge on any atom is 0.457 e. The highest BCUT2D eigenvalue weighted by atomic mass is 32.2. The summed E-state index contributed by atoms with van der Waals surface area (Å²) in [6.07, 6.45) is -4.10. The largest absolute Gasteiger partial charge is 0.457 e. The van der Waals surface area contributed by atoms with E-state index in [0.29, 0.717) is 24.8 Å². The van der Waals surface area contributed by atoms with Gasteiger partial charge in [0.2, 0.25) is 0 Å². The summed E-state index contributed by atoms with van der Waals surface area (Å²) < 4.78 is 73.0. The fourth-order valence-electron chi connectivity index (χ4n) is 1.60. The second kappa shape index (κ2) is 8.30. The third-order valence-electron chi connectivity index (χ3n) is 2.65. The smallest absolute Gasteiger partial charge is 0.396 e. The molecule has 3 nitrogen and oxygen atoms in total. The molecule has 0 spiro atoms. The van der Waals surface area contributed by atoms with E-state index in [-0.39, 0.29) is 23.3 Å². The third-order valence-corrected chi connectivity index (χ3v) is 3.64. The molecular formula is C12H17F5O3S. The Balaban J connectivity index is 2.65. The van der Waals surface area contributed by atoms with Crippen LogP contribution in [0.25, 0.3) is 0 Å². The minimum atomic E-state index is -5.65. The maximum absolute atomic E-state index is 13.0. The van der Waals surface area contributed by atoms with Crippen LogP contribution in [0.4, 0.5) is 22.0 Å². The summed E-state index contributed by atoms with van der Waals surface area (Å²) in [4.78, 5) is -0.277. The quantitative estimate of drug-likeness (QED) is 0.724. The van der Waals surface area contributed by atoms with Crippen molar-refractivity contribution in [3.8, 4) is 0 Å². The Bertz CT molecular complexity index is 340. The highest BCUT2D eigenvalue weighted by molar-refractivity contribution is 8.03. The molecule has 0 amide bonds. The molecule has 1 aliphatic rings. The van der Waals surface area contributed by atoms with Crippen molar-refractivity contribution in [2.24, 2.45) is 0 Å². The first-order valence-corrected chi connectivity index (χ1v) is 7.38. The van der Waals surface area contributed by atoms with Crippen LogP contribution in [0.1, 0.15) is 19.3 Å². The van der Waals surface area contributed by atoms with E-state index in [0.717, 1.165) is 12.8 Å². The zero-order valence-corrected chi connectivity index (χ0v) is 12.0. The lowest BCUT2D eigenvalue weighted by molar-refractivity contribution is -0.259. The number of halogens is 5. The number of aliphatic hydroxyl groups is 1. The molecule has 0 aliphatic carbocycles. The van der Waals surface area contributed by atoms with Crippen LogP contribution in [0.3, 0.4) is 0 Å². The van der Waals surface area contributed by atoms with Crippen LogP contribution >= 0.6 is 11.8 Å². The van der Waals surface area contributed by atoms with Gasteiger partial charge in [-0.25, -0.2) is 0 Å². The third kappa shape index (κ3) is 6.50. The fraction of sp³-hybridized carbons (Fsp3) is 0.833. The van der Waals surface area contributed by atoms with E-state index in [4.69, 9.17) is 14.6 Å². The van der Waals surface area contributed by atoms with Gasteiger partial charge in [0.25, 0.3) is 0 Å². The first-order chi connectivity index (χ1) is 9.76. The zero-order chi connectivity index (χ0) is 15.9. The average Bonchev–Trinajstić information content (AvgIpc) is 2.41. The van der Waals surface area contributed by atoms with Crippen molar-refractivity contribution < 1.29 is 36.5 Å². The molecule has 0 radical (unpaired) electrons. The lowest BCUT2D eigenvalue weighted by Crippen LogP contribution is -2.34. The molecule has 1 saturated heterocycles. The summed E-state index contributed by atoms with van der Waals surface area (Å²) in [7, 11) is 0. The van der Waals surface area contributed by atoms with Crippen molar-refractivity contribution in [3.63, 3.8) is 0 Å². The molecular weight excluding hydrogens is 319 g/mol. The molecule has 1 aliphatic heterocycles. The van der Waals surface area contributed by atoms with Crippen LogP contribution in [0, 0.1) is 0 Å². The molecule has 0 aromatic heterocycles. The van der Waals surface area contributed by atoms with Gasteiger partial charge >= 0.3 is 12.1 Å². The lowest BCUT2D eigenvalue weighted by Gasteiger charge is -2.24. The van der Waals surface area contributed by atoms with E-state index in [1.54, 1.807) is 0 Å². The minimum Gasteiger partial charge on any atom is -0.396 e. The van der Waals surface area contributed by atoms with E-state index in [1.165, 1.54) is 0 Å². The topological polar surface area (TPSA) is 38.7 Å². The molecule has 0 aromatic carbocycles. The van der Waals surface area contributed by atoms with Crippen molar-refractivity contribution in [2.75, 3.05) is 25.6 Å². The van der Waals surface area contributed by atoms with Crippen LogP contribution in [0.15, 0.2) is 11.0 Å². The number of alkyl halides is 5. The minimum absolute atomic E-state index is 0.00859. The Morgan fingerprint density at radius 1 is 1.29 bits per heavy atom. The Hall–Kier alpha value is -0.380. The van der Waals surface area contributed by atoms with Crippen molar-refractivity contribution in [1.29, 1.82) is 0 Å². The molecule has 1 heterocycles. The number of hydrogen-bond donors (Lipinski definition) is 1. The highest BCUT2D eigenvalue weighted by Gasteiger charge is 2.56. The second-order valence-electron chi connectivity index (χ2n) is 4.41. The molecule has 9 heteroatoms. The van der Waals surface area contributed by atoms with Gasteiger partial charge in [-0.05, 0) is 19.3 Å². The summed E-state index contributed by atoms with van der Waals surface area (Å²) >= 11 is 0.704. The summed E-state index contributed by atoms with van der Waals surface area (Å²) in [5, 5.41) is 8.67. The number of aliphatic hydroxyl groups excluding tert-OH is 1. The van der Waals surface area contributed by atoms with Gasteiger partial charge in [-0.15, -0.1) is 11.8 Å². The van der Waals surface area contributed by atoms with Crippen molar-refractivity contribution in [2.45, 2.75) is 37.7 Å². The molecule has 21 heavy (non-hydrogen) atoms. The second-order valence-corrected chi connectivity index (χ2v) is 5.63. The Labute approximate surface area is 123 Å². The number of ether oxygens (including phenoxy) is 2. The van der Waals surface area contributed by atoms with Crippen molar-refractivity contribution in [1.82, 2.24) is 0 Å². The van der Waals surface area contributed by atoms with Gasteiger partial charge in [0, 0.05) is 23.3 Å². The van der Waals surface area contributed by atoms with Crippen LogP contribution in [0.2, 0.25) is 0 Å². The predicted octanol–water partition coefficient (Wildman–Crippen LogP) is 3.34. The molecule has 0 saturated carbocycles. The Morgan fingerprint density at radius 2 is 2.00 bits per heavy atom. The average molecular weight is 336 g/mol. The molecule has 0 aromatic rings. The Kier molecular flexibility index (Phi) is 7.38. The van der Waals surface area contributed by atoms with Gasteiger partial charge in [0.1, 0.15) is 0 Å². The van der Waals surface area contributed by atoms with E-state index in [2.05, 4.69) is 0 Å². The SMILES string of the molecule is OCCS/C(=C/C(F)(F)C(F)(F)F)COC1CCCCO1. The van der Waals surface area contributed by atoms with Gasteiger partial charge in [0.15, 0.2) is 6.29 Å². The number of allylic oxidation sites excluding steroid dienone is 1. The van der Waals surface area contributed by atoms with Gasteiger partial charge in [-0.1, -0.05) is 0 Å². The molecule has 1 fully saturated rings. The summed E-state index contributed by atoms with van der Waals surface area (Å²) in [5.41, 5.74) is 0. The normalized spacial score (nSPS) is 21.6. The fourth-order valence-corrected chi connectivity index (χ4v) is 2.34. The van der Waals surface area contributed by atoms with E-state index >= 15 is 0 Å². The monoisotopic (exact) mass is 336 g/mol. The number of rotatable bonds is 7. The van der Waals surface area contributed by atoms with E-state index in [9.17, 15) is 22.0 Å². The summed E-state index contributed by atoms with van der Waals surface area (Å²) in [6.45, 7) is -0.257. The van der Waals surface area contributed by atoms with Crippen LogP contribution in [-0.2, 0) is 9.47 Å². The first kappa shape index (κ1) is 18.7. The maximum atomic E-state index is 13.0. The zero-order valence-electron chi connectivity index (χ0n) is 11.2. The van der Waals surface area contributed by atoms with Gasteiger partial charge in [0.05, 0.1) is 13.2 Å². The van der Waals surface area contributed by atoms with Crippen molar-refractivity contribution >= 4 is 11.8 Å². The van der Waals surface area contributed by atoms with Gasteiger partial charge in [-0.2, -0.15) is 22.0 Å². The number of hydrogen-bond acceptors (Lipinski definition) is 4. The highest BCUT2D eigenvalue weighted by Crippen LogP contribution is 2.38. The van der Waals surface area contributed by atoms with E-state index in [1.807, 2.05) is 0 Å². The van der Waals surface area contributed by atoms with Gasteiger partial charge < -0.3 is 14.6 Å². The van der Waals surface area contributed by atoms with Gasteiger partial charge in [-0.3, -0.25) is 0 Å². The lowest BCUT2D eigenvalue weighted by atomic mass is 10.2. The standard InChI is InChI=1S/C12H17F5O3S/c13-11(14,12(15,16)17)7-9(21-6-4-18)8-20-10-3-1-2-5-19-10/h7,10,18H,1-6,8H2/b9-7+. The molecule has 1 atom stereocenters. The molecule has 1 unspecified atom stereocenters. The number of thioether (sulfide) groups is 1. The molecule has 0 bridgehead atoms. The van der Waals surface area contributed by atoms with Crippen LogP contribution < -0.4 is 0 Å². The first-order valence-electron chi connectivity index (χ1n) is 6.39. The summed E-state index contributed by atoms with van der Waals surface area (Å²) in [6, 6.07) is 0. The summed E-state index contributed by atoms with van der Waals surface area (Å²) in [5.74, 6) is -4.92. The van der Waals surface area contributed by atoms with E-state index < -0.39 is 25.0 Å². The predicted molar refractivity (Wildman–Crippen MR) is 68.2 cm³/mol. The molecule has 1 N–H and O–H groups in total. The van der Waals surface area contributed by atoms with Crippen LogP contribution in [-0.4, -0.2) is 49.1 Å². The molecule has 124 valence electrons. The van der Waals surface area contributed by atoms with Crippen LogP contribution in [0.5, 0.6) is 0 Å². The van der Waals surface area contributed by atoms with Crippen molar-refractivity contribution in [3.05, 3.63) is 11.0 Å². The molecule has 1 rings (SSSR count).